The van der Waals surface area contributed by atoms with E-state index >= 15 is 0 Å². The molecular formula is C32H29NO7. The Morgan fingerprint density at radius 3 is 1.98 bits per heavy atom. The second kappa shape index (κ2) is 12.3. The number of hydrogen-bond acceptors (Lipinski definition) is 7. The minimum atomic E-state index is -1.21. The number of benzene rings is 4. The Morgan fingerprint density at radius 1 is 0.775 bits per heavy atom. The first-order valence-electron chi connectivity index (χ1n) is 12.8. The van der Waals surface area contributed by atoms with Crippen molar-refractivity contribution in [1.82, 2.24) is 0 Å². The summed E-state index contributed by atoms with van der Waals surface area (Å²) in [6.07, 6.45) is -1.89. The maximum absolute atomic E-state index is 13.2. The number of hydrogen-bond donors (Lipinski definition) is 0. The van der Waals surface area contributed by atoms with Gasteiger partial charge in [-0.25, -0.2) is 9.59 Å². The summed E-state index contributed by atoms with van der Waals surface area (Å²) in [5.41, 5.74) is 3.07. The summed E-state index contributed by atoms with van der Waals surface area (Å²) in [7, 11) is 2.82. The molecule has 0 saturated carbocycles. The molecule has 4 aromatic rings. The Hall–Kier alpha value is -4.98. The second-order valence-electron chi connectivity index (χ2n) is 9.09. The third-order valence-electron chi connectivity index (χ3n) is 6.56. The lowest BCUT2D eigenvalue weighted by Gasteiger charge is -2.26. The van der Waals surface area contributed by atoms with E-state index in [-0.39, 0.29) is 6.61 Å². The first-order chi connectivity index (χ1) is 19.6. The van der Waals surface area contributed by atoms with Gasteiger partial charge in [-0.05, 0) is 47.5 Å². The number of rotatable bonds is 10. The molecule has 8 heteroatoms. The maximum Gasteiger partial charge on any atom is 0.415 e. The number of carbonyl (C=O) groups is 2. The summed E-state index contributed by atoms with van der Waals surface area (Å²) in [6, 6.07) is 30.9. The van der Waals surface area contributed by atoms with Crippen molar-refractivity contribution in [3.63, 3.8) is 0 Å². The van der Waals surface area contributed by atoms with Crippen LogP contribution in [0.2, 0.25) is 0 Å². The lowest BCUT2D eigenvalue weighted by molar-refractivity contribution is -0.149. The number of esters is 1. The highest BCUT2D eigenvalue weighted by Crippen LogP contribution is 2.43. The van der Waals surface area contributed by atoms with Crippen LogP contribution in [0.15, 0.2) is 103 Å². The molecule has 2 atom stereocenters. The van der Waals surface area contributed by atoms with E-state index < -0.39 is 24.2 Å². The van der Waals surface area contributed by atoms with Gasteiger partial charge in [0, 0.05) is 17.3 Å². The first-order valence-corrected chi connectivity index (χ1v) is 12.8. The molecule has 0 aliphatic carbocycles. The van der Waals surface area contributed by atoms with Gasteiger partial charge in [0.25, 0.3) is 0 Å². The molecule has 1 aliphatic rings. The summed E-state index contributed by atoms with van der Waals surface area (Å²) < 4.78 is 28.2. The van der Waals surface area contributed by atoms with E-state index in [2.05, 4.69) is 0 Å². The molecule has 40 heavy (non-hydrogen) atoms. The first kappa shape index (κ1) is 26.6. The summed E-state index contributed by atoms with van der Waals surface area (Å²) in [6.45, 7) is 0.634. The molecule has 5 rings (SSSR count). The second-order valence-corrected chi connectivity index (χ2v) is 9.09. The number of nitrogens with zero attached hydrogens (tertiary/aromatic N) is 1. The Balaban J connectivity index is 1.53. The van der Waals surface area contributed by atoms with E-state index in [1.165, 1.54) is 12.0 Å². The van der Waals surface area contributed by atoms with Gasteiger partial charge in [-0.1, -0.05) is 60.7 Å². The van der Waals surface area contributed by atoms with E-state index in [1.807, 2.05) is 60.7 Å². The minimum Gasteiger partial charge on any atom is -0.497 e. The molecule has 1 amide bonds. The van der Waals surface area contributed by atoms with Gasteiger partial charge in [0.15, 0.2) is 0 Å². The fraction of sp³-hybridized carbons (Fsp3) is 0.188. The van der Waals surface area contributed by atoms with Crippen molar-refractivity contribution in [1.29, 1.82) is 0 Å². The van der Waals surface area contributed by atoms with Crippen molar-refractivity contribution in [3.8, 4) is 17.2 Å². The molecule has 0 radical (unpaired) electrons. The topological polar surface area (TPSA) is 83.5 Å². The van der Waals surface area contributed by atoms with Gasteiger partial charge in [-0.2, -0.15) is 0 Å². The Bertz CT molecular complexity index is 1440. The highest BCUT2D eigenvalue weighted by molar-refractivity contribution is 5.96. The lowest BCUT2D eigenvalue weighted by Crippen LogP contribution is -2.33. The molecule has 0 bridgehead atoms. The number of carbonyl (C=O) groups excluding carboxylic acids is 2. The molecule has 4 aromatic carbocycles. The predicted molar refractivity (Wildman–Crippen MR) is 148 cm³/mol. The lowest BCUT2D eigenvalue weighted by atomic mass is 9.98. The Labute approximate surface area is 232 Å². The summed E-state index contributed by atoms with van der Waals surface area (Å²) in [5, 5.41) is 0. The molecule has 0 N–H and O–H groups in total. The molecule has 1 heterocycles. The van der Waals surface area contributed by atoms with Crippen LogP contribution in [-0.2, 0) is 27.5 Å². The van der Waals surface area contributed by atoms with Crippen LogP contribution in [0.4, 0.5) is 10.5 Å². The van der Waals surface area contributed by atoms with Crippen LogP contribution >= 0.6 is 0 Å². The maximum atomic E-state index is 13.2. The third-order valence-corrected chi connectivity index (χ3v) is 6.56. The number of cyclic esters (lactones) is 1. The normalized spacial score (nSPS) is 16.2. The van der Waals surface area contributed by atoms with Crippen LogP contribution in [0.25, 0.3) is 0 Å². The molecule has 1 aliphatic heterocycles. The Morgan fingerprint density at radius 2 is 1.38 bits per heavy atom. The highest BCUT2D eigenvalue weighted by Gasteiger charge is 2.49. The van der Waals surface area contributed by atoms with Crippen molar-refractivity contribution < 1.29 is 33.3 Å². The van der Waals surface area contributed by atoms with Gasteiger partial charge < -0.3 is 23.7 Å². The van der Waals surface area contributed by atoms with Crippen LogP contribution in [-0.4, -0.2) is 32.4 Å². The third kappa shape index (κ3) is 5.86. The quantitative estimate of drug-likeness (QED) is 0.226. The number of amides is 1. The number of ether oxygens (including phenoxy) is 5. The van der Waals surface area contributed by atoms with Crippen LogP contribution in [0.5, 0.6) is 17.2 Å². The zero-order chi connectivity index (χ0) is 27.9. The molecule has 0 spiro atoms. The van der Waals surface area contributed by atoms with Crippen LogP contribution in [0, 0.1) is 0 Å². The zero-order valence-electron chi connectivity index (χ0n) is 22.2. The van der Waals surface area contributed by atoms with E-state index in [9.17, 15) is 9.59 Å². The molecule has 8 nitrogen and oxygen atoms in total. The van der Waals surface area contributed by atoms with E-state index in [1.54, 1.807) is 49.6 Å². The van der Waals surface area contributed by atoms with Gasteiger partial charge in [-0.3, -0.25) is 4.90 Å². The van der Waals surface area contributed by atoms with Crippen molar-refractivity contribution >= 4 is 17.7 Å². The molecular weight excluding hydrogens is 510 g/mol. The standard InChI is InChI=1S/C32H29NO7/c1-36-25-15-13-24(14-16-25)33-29(30(31(34)37-2)40-32(33)35)27-18-17-26(38-20-22-9-5-3-6-10-22)19-28(27)39-21-23-11-7-4-8-12-23/h3-19,29-30H,20-21H2,1-2H3. The van der Waals surface area contributed by atoms with Gasteiger partial charge in [0.2, 0.25) is 6.10 Å². The number of methoxy groups -OCH3 is 2. The monoisotopic (exact) mass is 539 g/mol. The average molecular weight is 540 g/mol. The van der Waals surface area contributed by atoms with Gasteiger partial charge in [0.1, 0.15) is 36.5 Å². The van der Waals surface area contributed by atoms with Gasteiger partial charge >= 0.3 is 12.1 Å². The van der Waals surface area contributed by atoms with Crippen molar-refractivity contribution in [2.75, 3.05) is 19.1 Å². The van der Waals surface area contributed by atoms with Gasteiger partial charge in [-0.15, -0.1) is 0 Å². The fourth-order valence-electron chi connectivity index (χ4n) is 4.53. The molecule has 2 unspecified atom stereocenters. The molecule has 204 valence electrons. The largest absolute Gasteiger partial charge is 0.497 e. The highest BCUT2D eigenvalue weighted by atomic mass is 16.6. The number of anilines is 1. The SMILES string of the molecule is COC(=O)C1OC(=O)N(c2ccc(OC)cc2)C1c1ccc(OCc2ccccc2)cc1OCc1ccccc1. The summed E-state index contributed by atoms with van der Waals surface area (Å²) in [5.74, 6) is 0.980. The van der Waals surface area contributed by atoms with Crippen LogP contribution < -0.4 is 19.1 Å². The van der Waals surface area contributed by atoms with E-state index in [0.29, 0.717) is 35.1 Å². The summed E-state index contributed by atoms with van der Waals surface area (Å²) in [4.78, 5) is 27.4. The smallest absolute Gasteiger partial charge is 0.415 e. The fourth-order valence-corrected chi connectivity index (χ4v) is 4.53. The van der Waals surface area contributed by atoms with Crippen LogP contribution in [0.1, 0.15) is 22.7 Å². The van der Waals surface area contributed by atoms with Crippen LogP contribution in [0.3, 0.4) is 0 Å². The Kier molecular flexibility index (Phi) is 8.15. The van der Waals surface area contributed by atoms with Crippen molar-refractivity contribution in [3.05, 3.63) is 120 Å². The minimum absolute atomic E-state index is 0.267. The van der Waals surface area contributed by atoms with Crippen molar-refractivity contribution in [2.24, 2.45) is 0 Å². The molecule has 1 saturated heterocycles. The predicted octanol–water partition coefficient (Wildman–Crippen LogP) is 6.09. The van der Waals surface area contributed by atoms with E-state index in [0.717, 1.165) is 11.1 Å². The molecule has 0 aromatic heterocycles. The van der Waals surface area contributed by atoms with Crippen molar-refractivity contribution in [2.45, 2.75) is 25.4 Å². The van der Waals surface area contributed by atoms with E-state index in [4.69, 9.17) is 23.7 Å². The zero-order valence-corrected chi connectivity index (χ0v) is 22.2. The molecule has 1 fully saturated rings. The average Bonchev–Trinajstić information content (AvgIpc) is 3.36. The summed E-state index contributed by atoms with van der Waals surface area (Å²) >= 11 is 0. The van der Waals surface area contributed by atoms with Gasteiger partial charge in [0.05, 0.1) is 14.2 Å².